The number of rotatable bonds is 7. The van der Waals surface area contributed by atoms with E-state index in [1.807, 2.05) is 35.7 Å². The lowest BCUT2D eigenvalue weighted by molar-refractivity contribution is 0.145. The van der Waals surface area contributed by atoms with Crippen molar-refractivity contribution < 1.29 is 9.47 Å². The van der Waals surface area contributed by atoms with Crippen molar-refractivity contribution in [2.45, 2.75) is 20.1 Å². The quantitative estimate of drug-likeness (QED) is 0.418. The van der Waals surface area contributed by atoms with Gasteiger partial charge in [-0.25, -0.2) is 4.98 Å². The number of fused-ring (bicyclic) bond motifs is 1. The van der Waals surface area contributed by atoms with Crippen LogP contribution in [-0.2, 0) is 18.0 Å². The Balaban J connectivity index is 1.87. The minimum atomic E-state index is 0.270. The highest BCUT2D eigenvalue weighted by Gasteiger charge is 2.14. The maximum absolute atomic E-state index is 6.20. The predicted octanol–water partition coefficient (Wildman–Crippen LogP) is 5.23. The van der Waals surface area contributed by atoms with Gasteiger partial charge in [0.1, 0.15) is 6.61 Å². The van der Waals surface area contributed by atoms with Gasteiger partial charge in [-0.3, -0.25) is 4.40 Å². The molecule has 0 spiro atoms. The Kier molecular flexibility index (Phi) is 5.63. The minimum Gasteiger partial charge on any atom is -0.485 e. The average Bonchev–Trinajstić information content (AvgIpc) is 2.91. The van der Waals surface area contributed by atoms with E-state index in [0.29, 0.717) is 29.0 Å². The molecular weight excluding hydrogens is 359 g/mol. The number of aryl methyl sites for hydroxylation is 1. The molecule has 25 heavy (non-hydrogen) atoms. The normalized spacial score (nSPS) is 11.0. The largest absolute Gasteiger partial charge is 0.485 e. The second-order valence-corrected chi connectivity index (χ2v) is 6.32. The minimum absolute atomic E-state index is 0.270. The number of hydrogen-bond donors (Lipinski definition) is 0. The maximum Gasteiger partial charge on any atom is 0.180 e. The number of benzene rings is 1. The van der Waals surface area contributed by atoms with Crippen molar-refractivity contribution in [2.75, 3.05) is 6.61 Å². The van der Waals surface area contributed by atoms with E-state index in [1.54, 1.807) is 18.2 Å². The monoisotopic (exact) mass is 376 g/mol. The van der Waals surface area contributed by atoms with Crippen molar-refractivity contribution in [1.82, 2.24) is 9.38 Å². The fraction of sp³-hybridized carbons (Fsp3) is 0.211. The molecule has 130 valence electrons. The van der Waals surface area contributed by atoms with E-state index in [4.69, 9.17) is 32.7 Å². The fourth-order valence-electron chi connectivity index (χ4n) is 2.55. The van der Waals surface area contributed by atoms with E-state index >= 15 is 0 Å². The molecule has 0 aliphatic carbocycles. The van der Waals surface area contributed by atoms with Crippen molar-refractivity contribution in [3.63, 3.8) is 0 Å². The molecule has 0 aliphatic rings. The van der Waals surface area contributed by atoms with Gasteiger partial charge >= 0.3 is 0 Å². The molecule has 1 aromatic carbocycles. The molecule has 0 saturated carbocycles. The van der Waals surface area contributed by atoms with E-state index in [1.165, 1.54) is 0 Å². The van der Waals surface area contributed by atoms with Crippen LogP contribution >= 0.6 is 23.2 Å². The Hall–Kier alpha value is -2.01. The molecule has 6 heteroatoms. The third-order valence-corrected chi connectivity index (χ3v) is 4.53. The highest BCUT2D eigenvalue weighted by molar-refractivity contribution is 6.35. The van der Waals surface area contributed by atoms with Crippen LogP contribution in [-0.4, -0.2) is 16.0 Å². The van der Waals surface area contributed by atoms with Gasteiger partial charge in [0.25, 0.3) is 0 Å². The lowest BCUT2D eigenvalue weighted by atomic mass is 10.2. The summed E-state index contributed by atoms with van der Waals surface area (Å²) in [5, 5.41) is 1.16. The van der Waals surface area contributed by atoms with Gasteiger partial charge in [0.2, 0.25) is 0 Å². The number of halogens is 2. The Labute approximate surface area is 156 Å². The molecule has 0 N–H and O–H groups in total. The molecule has 0 fully saturated rings. The van der Waals surface area contributed by atoms with E-state index in [2.05, 4.69) is 11.6 Å². The van der Waals surface area contributed by atoms with Crippen molar-refractivity contribution >= 4 is 28.8 Å². The smallest absolute Gasteiger partial charge is 0.180 e. The van der Waals surface area contributed by atoms with Gasteiger partial charge < -0.3 is 9.47 Å². The molecule has 0 radical (unpaired) electrons. The van der Waals surface area contributed by atoms with Crippen LogP contribution in [0.2, 0.25) is 10.0 Å². The molecule has 0 amide bonds. The molecule has 0 aliphatic heterocycles. The predicted molar refractivity (Wildman–Crippen MR) is 101 cm³/mol. The molecule has 3 rings (SSSR count). The third-order valence-electron chi connectivity index (χ3n) is 3.82. The second kappa shape index (κ2) is 7.91. The number of aromatic nitrogens is 2. The van der Waals surface area contributed by atoms with Crippen LogP contribution in [0.25, 0.3) is 5.65 Å². The summed E-state index contributed by atoms with van der Waals surface area (Å²) in [6.07, 6.45) is 3.66. The number of nitrogens with zero attached hydrogens (tertiary/aromatic N) is 2. The molecule has 0 unspecified atom stereocenters. The zero-order valence-corrected chi connectivity index (χ0v) is 15.3. The molecule has 2 heterocycles. The number of hydrogen-bond acceptors (Lipinski definition) is 3. The number of imidazole rings is 1. The lowest BCUT2D eigenvalue weighted by Crippen LogP contribution is -2.01. The summed E-state index contributed by atoms with van der Waals surface area (Å²) < 4.78 is 13.5. The van der Waals surface area contributed by atoms with Crippen molar-refractivity contribution in [3.8, 4) is 5.75 Å². The Morgan fingerprint density at radius 2 is 1.92 bits per heavy atom. The molecule has 2 aromatic heterocycles. The summed E-state index contributed by atoms with van der Waals surface area (Å²) in [5.41, 5.74) is 3.37. The first-order chi connectivity index (χ1) is 12.1. The van der Waals surface area contributed by atoms with E-state index < -0.39 is 0 Å². The third kappa shape index (κ3) is 3.82. The van der Waals surface area contributed by atoms with Gasteiger partial charge in [0.05, 0.1) is 24.6 Å². The molecule has 0 saturated heterocycles. The second-order valence-electron chi connectivity index (χ2n) is 5.50. The summed E-state index contributed by atoms with van der Waals surface area (Å²) in [6, 6.07) is 9.18. The van der Waals surface area contributed by atoms with Gasteiger partial charge in [-0.05, 0) is 31.2 Å². The maximum atomic E-state index is 6.20. The van der Waals surface area contributed by atoms with Crippen LogP contribution in [0.4, 0.5) is 0 Å². The number of pyridine rings is 1. The van der Waals surface area contributed by atoms with E-state index in [9.17, 15) is 0 Å². The Bertz CT molecular complexity index is 886. The number of ether oxygens (including phenoxy) is 2. The Morgan fingerprint density at radius 3 is 2.64 bits per heavy atom. The first kappa shape index (κ1) is 17.8. The van der Waals surface area contributed by atoms with E-state index in [-0.39, 0.29) is 6.61 Å². The van der Waals surface area contributed by atoms with Crippen LogP contribution < -0.4 is 4.74 Å². The van der Waals surface area contributed by atoms with Crippen LogP contribution in [0.1, 0.15) is 17.0 Å². The first-order valence-electron chi connectivity index (χ1n) is 7.82. The summed E-state index contributed by atoms with van der Waals surface area (Å²) in [6.45, 7) is 6.83. The SMILES string of the molecule is C=CCOCc1c(C)nc2c(OCc3c(Cl)cccc3Cl)cccn12. The molecular formula is C19H18Cl2N2O2. The zero-order chi connectivity index (χ0) is 17.8. The average molecular weight is 377 g/mol. The highest BCUT2D eigenvalue weighted by Crippen LogP contribution is 2.28. The first-order valence-corrected chi connectivity index (χ1v) is 8.58. The summed E-state index contributed by atoms with van der Waals surface area (Å²) in [4.78, 5) is 4.62. The summed E-state index contributed by atoms with van der Waals surface area (Å²) in [7, 11) is 0. The Morgan fingerprint density at radius 1 is 1.16 bits per heavy atom. The van der Waals surface area contributed by atoms with Crippen LogP contribution in [0.15, 0.2) is 49.2 Å². The van der Waals surface area contributed by atoms with Crippen molar-refractivity contribution in [2.24, 2.45) is 0 Å². The molecule has 0 atom stereocenters. The standard InChI is InChI=1S/C19H18Cl2N2O2/c1-3-10-24-12-17-13(2)22-19-18(8-5-9-23(17)19)25-11-14-15(20)6-4-7-16(14)21/h3-9H,1,10-12H2,2H3. The van der Waals surface area contributed by atoms with Crippen LogP contribution in [0, 0.1) is 6.92 Å². The van der Waals surface area contributed by atoms with Crippen molar-refractivity contribution in [1.29, 1.82) is 0 Å². The van der Waals surface area contributed by atoms with Gasteiger partial charge in [-0.15, -0.1) is 6.58 Å². The van der Waals surface area contributed by atoms with Crippen LogP contribution in [0.3, 0.4) is 0 Å². The topological polar surface area (TPSA) is 35.8 Å². The van der Waals surface area contributed by atoms with Gasteiger partial charge in [-0.1, -0.05) is 35.3 Å². The van der Waals surface area contributed by atoms with Gasteiger partial charge in [0.15, 0.2) is 11.4 Å². The summed E-state index contributed by atoms with van der Waals surface area (Å²) >= 11 is 12.4. The molecule has 3 aromatic rings. The van der Waals surface area contributed by atoms with Crippen LogP contribution in [0.5, 0.6) is 5.75 Å². The molecule has 0 bridgehead atoms. The van der Waals surface area contributed by atoms with Gasteiger partial charge in [-0.2, -0.15) is 0 Å². The fourth-order valence-corrected chi connectivity index (χ4v) is 3.06. The lowest BCUT2D eigenvalue weighted by Gasteiger charge is -2.10. The van der Waals surface area contributed by atoms with E-state index in [0.717, 1.165) is 22.6 Å². The van der Waals surface area contributed by atoms with Gasteiger partial charge in [0, 0.05) is 21.8 Å². The van der Waals surface area contributed by atoms with Crippen molar-refractivity contribution in [3.05, 3.63) is 76.2 Å². The molecule has 4 nitrogen and oxygen atoms in total. The summed E-state index contributed by atoms with van der Waals surface area (Å²) in [5.74, 6) is 0.663. The highest BCUT2D eigenvalue weighted by atomic mass is 35.5. The zero-order valence-electron chi connectivity index (χ0n) is 13.8.